The fourth-order valence-corrected chi connectivity index (χ4v) is 4.58. The molecule has 34 heavy (non-hydrogen) atoms. The summed E-state index contributed by atoms with van der Waals surface area (Å²) < 4.78 is 31.6. The number of thiazole rings is 1. The molecule has 12 heteroatoms. The highest BCUT2D eigenvalue weighted by Gasteiger charge is 2.46. The third-order valence-electron chi connectivity index (χ3n) is 5.93. The highest BCUT2D eigenvalue weighted by molar-refractivity contribution is 7.16. The lowest BCUT2D eigenvalue weighted by atomic mass is 10.0. The van der Waals surface area contributed by atoms with Crippen LogP contribution < -0.4 is 10.6 Å². The van der Waals surface area contributed by atoms with Crippen molar-refractivity contribution in [3.8, 4) is 11.4 Å². The Morgan fingerprint density at radius 3 is 2.71 bits per heavy atom. The van der Waals surface area contributed by atoms with Crippen molar-refractivity contribution in [3.05, 3.63) is 29.5 Å². The first-order chi connectivity index (χ1) is 16.0. The molecular formula is C22H27F2N7O2S. The van der Waals surface area contributed by atoms with Crippen molar-refractivity contribution >= 4 is 33.8 Å². The van der Waals surface area contributed by atoms with Gasteiger partial charge in [0, 0.05) is 43.2 Å². The number of aromatic nitrogens is 4. The molecule has 3 aromatic rings. The van der Waals surface area contributed by atoms with Gasteiger partial charge in [-0.2, -0.15) is 13.9 Å². The van der Waals surface area contributed by atoms with Crippen LogP contribution in [0, 0.1) is 5.92 Å². The number of nitrogens with zero attached hydrogens (tertiary/aromatic N) is 5. The van der Waals surface area contributed by atoms with E-state index in [0.29, 0.717) is 16.3 Å². The number of anilines is 1. The molecule has 2 atom stereocenters. The molecule has 3 aromatic heterocycles. The van der Waals surface area contributed by atoms with Crippen molar-refractivity contribution in [2.75, 3.05) is 11.9 Å². The number of halogens is 2. The molecule has 2 N–H and O–H groups in total. The molecule has 0 spiro atoms. The average Bonchev–Trinajstić information content (AvgIpc) is 3.36. The fourth-order valence-electron chi connectivity index (χ4n) is 3.79. The summed E-state index contributed by atoms with van der Waals surface area (Å²) in [6.45, 7) is 7.14. The van der Waals surface area contributed by atoms with Gasteiger partial charge in [-0.3, -0.25) is 14.5 Å². The normalized spacial score (nSPS) is 18.8. The lowest BCUT2D eigenvalue weighted by molar-refractivity contribution is -0.152. The SMILES string of the molecule is CC(=O)NC1CCN(C(=O)c2cc(N[C@H](C)C(C)C)nc(-c3cnn4ccsc34)n2)C(F)(F)C1. The topological polar surface area (TPSA) is 105 Å². The molecular weight excluding hydrogens is 464 g/mol. The van der Waals surface area contributed by atoms with Gasteiger partial charge in [0.05, 0.1) is 18.2 Å². The van der Waals surface area contributed by atoms with Gasteiger partial charge < -0.3 is 10.6 Å². The van der Waals surface area contributed by atoms with E-state index in [1.54, 1.807) is 16.9 Å². The third kappa shape index (κ3) is 4.86. The van der Waals surface area contributed by atoms with Crippen molar-refractivity contribution in [2.45, 2.75) is 58.7 Å². The number of hydrogen-bond acceptors (Lipinski definition) is 7. The van der Waals surface area contributed by atoms with E-state index in [0.717, 1.165) is 4.83 Å². The van der Waals surface area contributed by atoms with Gasteiger partial charge in [-0.15, -0.1) is 11.3 Å². The van der Waals surface area contributed by atoms with Crippen LogP contribution in [0.5, 0.6) is 0 Å². The molecule has 9 nitrogen and oxygen atoms in total. The first-order valence-electron chi connectivity index (χ1n) is 11.1. The molecule has 4 heterocycles. The second kappa shape index (κ2) is 9.24. The minimum absolute atomic E-state index is 0.0227. The lowest BCUT2D eigenvalue weighted by Gasteiger charge is -2.38. The first kappa shape index (κ1) is 24.0. The predicted molar refractivity (Wildman–Crippen MR) is 125 cm³/mol. The summed E-state index contributed by atoms with van der Waals surface area (Å²) in [5.41, 5.74) is 0.484. The fraction of sp³-hybridized carbons (Fsp3) is 0.500. The minimum Gasteiger partial charge on any atom is -0.367 e. The molecule has 1 saturated heterocycles. The maximum absolute atomic E-state index is 14.9. The summed E-state index contributed by atoms with van der Waals surface area (Å²) in [7, 11) is 0. The number of amides is 2. The van der Waals surface area contributed by atoms with Crippen LogP contribution in [0.3, 0.4) is 0 Å². The Morgan fingerprint density at radius 2 is 2.03 bits per heavy atom. The van der Waals surface area contributed by atoms with Crippen LogP contribution in [-0.4, -0.2) is 61.0 Å². The van der Waals surface area contributed by atoms with Crippen molar-refractivity contribution < 1.29 is 18.4 Å². The number of likely N-dealkylation sites (tertiary alicyclic amines) is 1. The van der Waals surface area contributed by atoms with Crippen molar-refractivity contribution in [3.63, 3.8) is 0 Å². The summed E-state index contributed by atoms with van der Waals surface area (Å²) in [5, 5.41) is 11.9. The summed E-state index contributed by atoms with van der Waals surface area (Å²) in [6, 6.07) is -2.68. The smallest absolute Gasteiger partial charge is 0.330 e. The van der Waals surface area contributed by atoms with Crippen molar-refractivity contribution in [1.29, 1.82) is 0 Å². The van der Waals surface area contributed by atoms with Crippen molar-refractivity contribution in [2.24, 2.45) is 5.92 Å². The largest absolute Gasteiger partial charge is 0.367 e. The molecule has 0 aliphatic carbocycles. The number of nitrogens with one attached hydrogen (secondary N) is 2. The van der Waals surface area contributed by atoms with Gasteiger partial charge in [0.25, 0.3) is 5.91 Å². The van der Waals surface area contributed by atoms with E-state index in [9.17, 15) is 18.4 Å². The second-order valence-corrected chi connectivity index (χ2v) is 9.76. The number of hydrogen-bond donors (Lipinski definition) is 2. The maximum atomic E-state index is 14.9. The van der Waals surface area contributed by atoms with Gasteiger partial charge in [0.1, 0.15) is 16.3 Å². The van der Waals surface area contributed by atoms with Gasteiger partial charge >= 0.3 is 6.05 Å². The highest BCUT2D eigenvalue weighted by Crippen LogP contribution is 2.33. The molecule has 1 aliphatic heterocycles. The highest BCUT2D eigenvalue weighted by atomic mass is 32.1. The van der Waals surface area contributed by atoms with Gasteiger partial charge in [-0.25, -0.2) is 14.5 Å². The third-order valence-corrected chi connectivity index (χ3v) is 6.82. The number of piperidine rings is 1. The molecule has 2 amide bonds. The van der Waals surface area contributed by atoms with E-state index in [1.165, 1.54) is 24.3 Å². The molecule has 0 aromatic carbocycles. The summed E-state index contributed by atoms with van der Waals surface area (Å²) in [4.78, 5) is 34.8. The Labute approximate surface area is 199 Å². The molecule has 4 rings (SSSR count). The monoisotopic (exact) mass is 491 g/mol. The molecule has 0 bridgehead atoms. The lowest BCUT2D eigenvalue weighted by Crippen LogP contribution is -2.55. The number of rotatable bonds is 6. The summed E-state index contributed by atoms with van der Waals surface area (Å²) >= 11 is 1.44. The Bertz CT molecular complexity index is 1210. The van der Waals surface area contributed by atoms with Gasteiger partial charge in [0.15, 0.2) is 5.82 Å². The Morgan fingerprint density at radius 1 is 1.26 bits per heavy atom. The predicted octanol–water partition coefficient (Wildman–Crippen LogP) is 3.64. The molecule has 0 radical (unpaired) electrons. The van der Waals surface area contributed by atoms with Crippen LogP contribution in [0.15, 0.2) is 23.8 Å². The van der Waals surface area contributed by atoms with Crippen LogP contribution in [0.4, 0.5) is 14.6 Å². The zero-order chi connectivity index (χ0) is 24.6. The van der Waals surface area contributed by atoms with Crippen LogP contribution in [0.1, 0.15) is 51.0 Å². The van der Waals surface area contributed by atoms with E-state index >= 15 is 0 Å². The summed E-state index contributed by atoms with van der Waals surface area (Å²) in [5.74, 6) is -0.378. The van der Waals surface area contributed by atoms with Crippen LogP contribution in [0.2, 0.25) is 0 Å². The molecule has 1 fully saturated rings. The van der Waals surface area contributed by atoms with Gasteiger partial charge in [0.2, 0.25) is 5.91 Å². The average molecular weight is 492 g/mol. The van der Waals surface area contributed by atoms with E-state index in [4.69, 9.17) is 0 Å². The second-order valence-electron chi connectivity index (χ2n) is 8.86. The first-order valence-corrected chi connectivity index (χ1v) is 12.0. The molecule has 0 saturated carbocycles. The number of carbonyl (C=O) groups excluding carboxylic acids is 2. The Hall–Kier alpha value is -3.15. The van der Waals surface area contributed by atoms with Gasteiger partial charge in [-0.1, -0.05) is 13.8 Å². The van der Waals surface area contributed by atoms with Crippen LogP contribution in [-0.2, 0) is 4.79 Å². The van der Waals surface area contributed by atoms with Crippen LogP contribution in [0.25, 0.3) is 16.2 Å². The van der Waals surface area contributed by atoms with E-state index < -0.39 is 24.4 Å². The van der Waals surface area contributed by atoms with E-state index in [1.807, 2.05) is 26.2 Å². The van der Waals surface area contributed by atoms with Crippen LogP contribution >= 0.6 is 11.3 Å². The summed E-state index contributed by atoms with van der Waals surface area (Å²) in [6.07, 6.45) is 2.97. The molecule has 1 aliphatic rings. The zero-order valence-corrected chi connectivity index (χ0v) is 20.2. The van der Waals surface area contributed by atoms with E-state index in [-0.39, 0.29) is 42.4 Å². The van der Waals surface area contributed by atoms with Gasteiger partial charge in [-0.05, 0) is 19.3 Å². The number of alkyl halides is 2. The van der Waals surface area contributed by atoms with E-state index in [2.05, 4.69) is 25.7 Å². The molecule has 1 unspecified atom stereocenters. The minimum atomic E-state index is -3.43. The number of fused-ring (bicyclic) bond motifs is 1. The quantitative estimate of drug-likeness (QED) is 0.510. The Balaban J connectivity index is 1.69. The standard InChI is InChI=1S/C22H27F2N7O2S/c1-12(2)13(3)26-18-9-17(28-19(29-18)16-11-25-31-7-8-34-21(16)31)20(33)30-6-5-15(27-14(4)32)10-22(30,23)24/h7-9,11-13,15H,5-6,10H2,1-4H3,(H,27,32)(H,26,28,29)/t13-,15?/m1/s1. The van der Waals surface area contributed by atoms with Crippen molar-refractivity contribution in [1.82, 2.24) is 29.8 Å². The zero-order valence-electron chi connectivity index (χ0n) is 19.4. The Kier molecular flexibility index (Phi) is 6.52. The maximum Gasteiger partial charge on any atom is 0.330 e. The molecule has 182 valence electrons. The number of carbonyl (C=O) groups is 2.